The number of nitrogens with zero attached hydrogens (tertiary/aromatic N) is 3. The van der Waals surface area contributed by atoms with Crippen molar-refractivity contribution in [1.29, 1.82) is 0 Å². The number of para-hydroxylation sites is 6. The minimum Gasteiger partial charge on any atom is -0.311 e. The molecule has 12 rings (SSSR count). The molecule has 0 bridgehead atoms. The van der Waals surface area contributed by atoms with Gasteiger partial charge in [0.2, 0.25) is 0 Å². The van der Waals surface area contributed by atoms with Gasteiger partial charge in [-0.15, -0.1) is 0 Å². The van der Waals surface area contributed by atoms with Crippen molar-refractivity contribution >= 4 is 67.7 Å². The maximum atomic E-state index is 2.51. The average Bonchev–Trinajstić information content (AvgIpc) is 3.65. The number of fused-ring (bicyclic) bond motifs is 12. The molecule has 3 heterocycles. The monoisotopic (exact) mass is 771 g/mol. The predicted octanol–water partition coefficient (Wildman–Crippen LogP) is 14.9. The number of hydrogen-bond donors (Lipinski definition) is 0. The summed E-state index contributed by atoms with van der Waals surface area (Å²) in [7, 11) is 0. The fourth-order valence-electron chi connectivity index (χ4n) is 9.85. The van der Waals surface area contributed by atoms with Gasteiger partial charge in [-0.25, -0.2) is 0 Å². The molecule has 0 saturated heterocycles. The Bertz CT molecular complexity index is 3100. The van der Waals surface area contributed by atoms with Gasteiger partial charge < -0.3 is 14.4 Å². The molecule has 278 valence electrons. The molecule has 0 saturated carbocycles. The zero-order valence-corrected chi connectivity index (χ0v) is 32.9. The Morgan fingerprint density at radius 1 is 0.373 bits per heavy atom. The van der Waals surface area contributed by atoms with Crippen molar-refractivity contribution in [1.82, 2.24) is 4.57 Å². The first kappa shape index (κ1) is 33.8. The summed E-state index contributed by atoms with van der Waals surface area (Å²) < 4.78 is 2.51. The molecule has 0 fully saturated rings. The molecular weight excluding hydrogens is 735 g/mol. The number of benzene rings is 9. The molecule has 9 aromatic carbocycles. The summed E-state index contributed by atoms with van der Waals surface area (Å²) >= 11 is 1.91. The van der Waals surface area contributed by atoms with Crippen LogP contribution in [0.3, 0.4) is 0 Å². The van der Waals surface area contributed by atoms with Crippen LogP contribution in [0.15, 0.2) is 234 Å². The largest absolute Gasteiger partial charge is 0.311 e. The molecule has 10 aromatic rings. The zero-order valence-electron chi connectivity index (χ0n) is 32.1. The van der Waals surface area contributed by atoms with Crippen LogP contribution in [0.4, 0.5) is 34.1 Å². The normalized spacial score (nSPS) is 13.5. The summed E-state index contributed by atoms with van der Waals surface area (Å²) in [5.41, 5.74) is 15.1. The van der Waals surface area contributed by atoms with Crippen LogP contribution in [0.2, 0.25) is 0 Å². The first-order valence-corrected chi connectivity index (χ1v) is 21.0. The van der Waals surface area contributed by atoms with Crippen molar-refractivity contribution in [3.05, 3.63) is 247 Å². The predicted molar refractivity (Wildman–Crippen MR) is 246 cm³/mol. The maximum Gasteiger partial charge on any atom is 0.0764 e. The van der Waals surface area contributed by atoms with Crippen LogP contribution in [0, 0.1) is 0 Å². The van der Waals surface area contributed by atoms with Gasteiger partial charge in [0.25, 0.3) is 0 Å². The van der Waals surface area contributed by atoms with E-state index in [1.54, 1.807) is 0 Å². The second kappa shape index (κ2) is 13.4. The standard InChI is InChI=1S/C55H37N3S/c1-4-18-38(19-5-1)56(39-20-6-2-7-21-39)41-32-34-42(35-33-41)58-49-28-14-10-24-43(49)44-36-37-48-54(53(44)58)59-52-31-17-13-27-47(52)55(48)45-25-11-15-29-50(45)57(40-22-8-3-9-23-40)51-30-16-12-26-46(51)55/h1-37H. The van der Waals surface area contributed by atoms with Gasteiger partial charge in [-0.1, -0.05) is 151 Å². The van der Waals surface area contributed by atoms with E-state index in [1.165, 1.54) is 65.2 Å². The van der Waals surface area contributed by atoms with Crippen molar-refractivity contribution < 1.29 is 0 Å². The number of aromatic nitrogens is 1. The lowest BCUT2D eigenvalue weighted by atomic mass is 9.62. The Kier molecular flexibility index (Phi) is 7.69. The van der Waals surface area contributed by atoms with Gasteiger partial charge in [-0.05, 0) is 107 Å². The van der Waals surface area contributed by atoms with Gasteiger partial charge >= 0.3 is 0 Å². The third kappa shape index (κ3) is 4.97. The molecule has 59 heavy (non-hydrogen) atoms. The fourth-order valence-corrected chi connectivity index (χ4v) is 11.2. The van der Waals surface area contributed by atoms with E-state index in [1.807, 2.05) is 11.8 Å². The summed E-state index contributed by atoms with van der Waals surface area (Å²) in [6.07, 6.45) is 0. The van der Waals surface area contributed by atoms with Gasteiger partial charge in [-0.2, -0.15) is 0 Å². The van der Waals surface area contributed by atoms with E-state index in [-0.39, 0.29) is 0 Å². The quantitative estimate of drug-likeness (QED) is 0.173. The zero-order chi connectivity index (χ0) is 38.9. The van der Waals surface area contributed by atoms with Crippen molar-refractivity contribution in [2.75, 3.05) is 9.80 Å². The van der Waals surface area contributed by atoms with Crippen molar-refractivity contribution in [3.63, 3.8) is 0 Å². The van der Waals surface area contributed by atoms with Crippen LogP contribution in [-0.4, -0.2) is 4.57 Å². The highest BCUT2D eigenvalue weighted by atomic mass is 32.2. The van der Waals surface area contributed by atoms with E-state index in [9.17, 15) is 0 Å². The summed E-state index contributed by atoms with van der Waals surface area (Å²) in [4.78, 5) is 7.34. The van der Waals surface area contributed by atoms with Gasteiger partial charge in [0.05, 0.1) is 27.8 Å². The average molecular weight is 772 g/mol. The highest BCUT2D eigenvalue weighted by Crippen LogP contribution is 2.64. The van der Waals surface area contributed by atoms with Crippen LogP contribution in [-0.2, 0) is 5.41 Å². The lowest BCUT2D eigenvalue weighted by Crippen LogP contribution is -2.39. The molecule has 0 radical (unpaired) electrons. The van der Waals surface area contributed by atoms with Gasteiger partial charge in [-0.3, -0.25) is 0 Å². The van der Waals surface area contributed by atoms with E-state index in [4.69, 9.17) is 0 Å². The van der Waals surface area contributed by atoms with Crippen molar-refractivity contribution in [2.24, 2.45) is 0 Å². The molecule has 0 aliphatic carbocycles. The van der Waals surface area contributed by atoms with Gasteiger partial charge in [0, 0.05) is 49.0 Å². The third-order valence-electron chi connectivity index (χ3n) is 12.2. The Balaban J connectivity index is 1.13. The second-order valence-electron chi connectivity index (χ2n) is 15.3. The van der Waals surface area contributed by atoms with Gasteiger partial charge in [0.15, 0.2) is 0 Å². The van der Waals surface area contributed by atoms with Gasteiger partial charge in [0.1, 0.15) is 0 Å². The van der Waals surface area contributed by atoms with Crippen molar-refractivity contribution in [2.45, 2.75) is 15.2 Å². The Hall–Kier alpha value is -7.27. The Labute approximate surface area is 348 Å². The van der Waals surface area contributed by atoms with E-state index in [0.29, 0.717) is 0 Å². The summed E-state index contributed by atoms with van der Waals surface area (Å²) in [6.45, 7) is 0. The Morgan fingerprint density at radius 2 is 0.898 bits per heavy atom. The van der Waals surface area contributed by atoms with Crippen LogP contribution in [0.1, 0.15) is 22.3 Å². The molecular formula is C55H37N3S. The topological polar surface area (TPSA) is 11.4 Å². The highest BCUT2D eigenvalue weighted by molar-refractivity contribution is 7.99. The van der Waals surface area contributed by atoms with Crippen LogP contribution in [0.25, 0.3) is 27.5 Å². The first-order chi connectivity index (χ1) is 29.3. The lowest BCUT2D eigenvalue weighted by molar-refractivity contribution is 0.694. The van der Waals surface area contributed by atoms with E-state index in [2.05, 4.69) is 239 Å². The molecule has 0 atom stereocenters. The number of anilines is 6. The van der Waals surface area contributed by atoms with Crippen LogP contribution >= 0.6 is 11.8 Å². The van der Waals surface area contributed by atoms with Crippen LogP contribution in [0.5, 0.6) is 0 Å². The lowest BCUT2D eigenvalue weighted by Gasteiger charge is -2.49. The summed E-state index contributed by atoms with van der Waals surface area (Å²) in [6, 6.07) is 82.1. The molecule has 0 N–H and O–H groups in total. The molecule has 2 aliphatic rings. The summed E-state index contributed by atoms with van der Waals surface area (Å²) in [5.74, 6) is 0. The first-order valence-electron chi connectivity index (χ1n) is 20.2. The Morgan fingerprint density at radius 3 is 1.56 bits per heavy atom. The minimum absolute atomic E-state index is 0.569. The number of rotatable bonds is 5. The molecule has 2 aliphatic heterocycles. The SMILES string of the molecule is c1ccc(N(c2ccccc2)c2ccc(-n3c4ccccc4c4ccc5c(c43)Sc3ccccc3C53c4ccccc4N(c4ccccc4)c4ccccc43)cc2)cc1. The van der Waals surface area contributed by atoms with E-state index in [0.717, 1.165) is 28.4 Å². The molecule has 3 nitrogen and oxygen atoms in total. The smallest absolute Gasteiger partial charge is 0.0764 e. The molecule has 0 unspecified atom stereocenters. The summed E-state index contributed by atoms with van der Waals surface area (Å²) in [5, 5.41) is 2.50. The molecule has 0 amide bonds. The minimum atomic E-state index is -0.569. The van der Waals surface area contributed by atoms with Crippen LogP contribution < -0.4 is 9.80 Å². The van der Waals surface area contributed by atoms with Crippen molar-refractivity contribution in [3.8, 4) is 5.69 Å². The highest BCUT2D eigenvalue weighted by Gasteiger charge is 2.51. The maximum absolute atomic E-state index is 2.51. The van der Waals surface area contributed by atoms with E-state index >= 15 is 0 Å². The molecule has 1 aromatic heterocycles. The molecule has 4 heteroatoms. The number of hydrogen-bond acceptors (Lipinski definition) is 3. The second-order valence-corrected chi connectivity index (χ2v) is 16.3. The van der Waals surface area contributed by atoms with E-state index < -0.39 is 5.41 Å². The molecule has 1 spiro atoms. The third-order valence-corrected chi connectivity index (χ3v) is 13.4. The fraction of sp³-hybridized carbons (Fsp3) is 0.0182.